The minimum absolute atomic E-state index is 0.100. The van der Waals surface area contributed by atoms with Gasteiger partial charge in [0, 0.05) is 31.0 Å². The lowest BCUT2D eigenvalue weighted by molar-refractivity contribution is -0.146. The van der Waals surface area contributed by atoms with Gasteiger partial charge in [0.25, 0.3) is 0 Å². The fraction of sp³-hybridized carbons (Fsp3) is 0.550. The van der Waals surface area contributed by atoms with Crippen molar-refractivity contribution in [1.82, 2.24) is 4.90 Å². The third kappa shape index (κ3) is 6.15. The summed E-state index contributed by atoms with van der Waals surface area (Å²) in [5.41, 5.74) is 0.100. The Morgan fingerprint density at radius 3 is 2.50 bits per heavy atom. The van der Waals surface area contributed by atoms with Crippen LogP contribution in [-0.2, 0) is 28.6 Å². The van der Waals surface area contributed by atoms with Crippen LogP contribution >= 0.6 is 0 Å². The Morgan fingerprint density at radius 1 is 1.20 bits per heavy atom. The van der Waals surface area contributed by atoms with Gasteiger partial charge < -0.3 is 34.4 Å². The summed E-state index contributed by atoms with van der Waals surface area (Å²) in [4.78, 5) is 35.9. The maximum absolute atomic E-state index is 11.8. The molecule has 0 aromatic carbocycles. The van der Waals surface area contributed by atoms with Gasteiger partial charge in [-0.3, -0.25) is 0 Å². The van der Waals surface area contributed by atoms with Crippen LogP contribution in [0.25, 0.3) is 0 Å². The van der Waals surface area contributed by atoms with Gasteiger partial charge in [-0.25, -0.2) is 14.4 Å². The van der Waals surface area contributed by atoms with E-state index in [-0.39, 0.29) is 24.7 Å². The molecule has 1 fully saturated rings. The van der Waals surface area contributed by atoms with Crippen LogP contribution in [0.4, 0.5) is 0 Å². The van der Waals surface area contributed by atoms with E-state index in [9.17, 15) is 24.6 Å². The lowest BCUT2D eigenvalue weighted by Crippen LogP contribution is -2.40. The van der Waals surface area contributed by atoms with Crippen LogP contribution in [0.15, 0.2) is 36.2 Å². The number of ether oxygens (including phenoxy) is 3. The highest BCUT2D eigenvalue weighted by Crippen LogP contribution is 2.27. The molecular weight excluding hydrogens is 398 g/mol. The van der Waals surface area contributed by atoms with Crippen LogP contribution in [0.1, 0.15) is 33.1 Å². The predicted molar refractivity (Wildman–Crippen MR) is 103 cm³/mol. The van der Waals surface area contributed by atoms with E-state index in [1.807, 2.05) is 13.8 Å². The summed E-state index contributed by atoms with van der Waals surface area (Å²) in [6, 6.07) is 0. The number of hydrogen-bond acceptors (Lipinski definition) is 9. The Morgan fingerprint density at radius 2 is 1.87 bits per heavy atom. The summed E-state index contributed by atoms with van der Waals surface area (Å²) in [6.45, 7) is 3.39. The Bertz CT molecular complexity index is 726. The van der Waals surface area contributed by atoms with Crippen molar-refractivity contribution < 1.29 is 43.9 Å². The van der Waals surface area contributed by atoms with Crippen LogP contribution in [0.2, 0.25) is 0 Å². The number of carbonyl (C=O) groups excluding carboxylic acids is 2. The normalized spacial score (nSPS) is 26.2. The number of aliphatic carboxylic acids is 1. The maximum Gasteiger partial charge on any atom is 0.333 e. The highest BCUT2D eigenvalue weighted by molar-refractivity contribution is 5.91. The third-order valence-corrected chi connectivity index (χ3v) is 4.76. The fourth-order valence-electron chi connectivity index (χ4n) is 3.00. The zero-order valence-electron chi connectivity index (χ0n) is 16.8. The van der Waals surface area contributed by atoms with E-state index < -0.39 is 42.4 Å². The zero-order valence-corrected chi connectivity index (χ0v) is 16.8. The Kier molecular flexibility index (Phi) is 8.58. The van der Waals surface area contributed by atoms with Gasteiger partial charge in [0.15, 0.2) is 6.23 Å². The van der Waals surface area contributed by atoms with Crippen molar-refractivity contribution >= 4 is 17.9 Å². The average Bonchev–Trinajstić information content (AvgIpc) is 3.03. The molecule has 0 aromatic heterocycles. The van der Waals surface area contributed by atoms with Gasteiger partial charge in [0.1, 0.15) is 31.0 Å². The number of hydrogen-bond donors (Lipinski definition) is 3. The summed E-state index contributed by atoms with van der Waals surface area (Å²) in [5.74, 6) is -2.60. The number of nitrogens with zero attached hydrogens (tertiary/aromatic N) is 1. The largest absolute Gasteiger partial charge is 0.478 e. The molecule has 0 saturated carbocycles. The van der Waals surface area contributed by atoms with Crippen LogP contribution in [-0.4, -0.2) is 75.4 Å². The van der Waals surface area contributed by atoms with E-state index >= 15 is 0 Å². The molecule has 2 aliphatic heterocycles. The molecular formula is C20H27NO9. The second-order valence-corrected chi connectivity index (χ2v) is 6.88. The number of allylic oxidation sites excluding steroid dienone is 1. The standard InChI is InChI=1S/C20H27NO9/c1-3-13(4-2)29-16(23)8-7-15(22)28-11-14-17(24)18(25)19(30-14)21-9-5-6-12(10-21)20(26)27/h5,7-10,13-14,17-19,24-25H,3-4,6,11H2,1-2H3,(H,26,27)/b8-7+/t14-,17-,18-,19-/m1/s1. The van der Waals surface area contributed by atoms with Gasteiger partial charge in [-0.15, -0.1) is 0 Å². The SMILES string of the molecule is CCC(CC)OC(=O)/C=C/C(=O)OC[C@H]1O[C@@H](N2C=CCC(C(=O)O)=C2)[C@H](O)[C@@H]1O. The van der Waals surface area contributed by atoms with Crippen molar-refractivity contribution in [2.24, 2.45) is 0 Å². The summed E-state index contributed by atoms with van der Waals surface area (Å²) in [7, 11) is 0. The fourth-order valence-corrected chi connectivity index (χ4v) is 3.00. The maximum atomic E-state index is 11.8. The topological polar surface area (TPSA) is 143 Å². The molecule has 3 N–H and O–H groups in total. The van der Waals surface area contributed by atoms with Crippen LogP contribution < -0.4 is 0 Å². The van der Waals surface area contributed by atoms with Crippen molar-refractivity contribution in [3.63, 3.8) is 0 Å². The minimum atomic E-state index is -1.36. The first-order valence-electron chi connectivity index (χ1n) is 9.71. The number of aliphatic hydroxyl groups is 2. The van der Waals surface area contributed by atoms with E-state index in [0.717, 1.165) is 12.2 Å². The van der Waals surface area contributed by atoms with Crippen molar-refractivity contribution in [2.75, 3.05) is 6.61 Å². The average molecular weight is 425 g/mol. The summed E-state index contributed by atoms with van der Waals surface area (Å²) in [6.07, 6.45) is 2.85. The number of carbonyl (C=O) groups is 3. The van der Waals surface area contributed by atoms with Crippen molar-refractivity contribution in [3.8, 4) is 0 Å². The van der Waals surface area contributed by atoms with Gasteiger partial charge in [-0.1, -0.05) is 19.9 Å². The number of rotatable bonds is 9. The summed E-state index contributed by atoms with van der Waals surface area (Å²) < 4.78 is 15.7. The molecule has 4 atom stereocenters. The molecule has 0 unspecified atom stereocenters. The molecule has 0 amide bonds. The molecule has 0 radical (unpaired) electrons. The van der Waals surface area contributed by atoms with E-state index in [2.05, 4.69) is 0 Å². The number of esters is 2. The van der Waals surface area contributed by atoms with Gasteiger partial charge in [-0.05, 0) is 12.8 Å². The van der Waals surface area contributed by atoms with Crippen molar-refractivity contribution in [3.05, 3.63) is 36.2 Å². The molecule has 10 nitrogen and oxygen atoms in total. The van der Waals surface area contributed by atoms with Gasteiger partial charge in [0.2, 0.25) is 0 Å². The summed E-state index contributed by atoms with van der Waals surface area (Å²) >= 11 is 0. The first-order chi connectivity index (χ1) is 14.3. The van der Waals surface area contributed by atoms with E-state index in [4.69, 9.17) is 19.3 Å². The van der Waals surface area contributed by atoms with Crippen molar-refractivity contribution in [2.45, 2.75) is 63.8 Å². The van der Waals surface area contributed by atoms with E-state index in [0.29, 0.717) is 12.8 Å². The minimum Gasteiger partial charge on any atom is -0.478 e. The third-order valence-electron chi connectivity index (χ3n) is 4.76. The van der Waals surface area contributed by atoms with Crippen LogP contribution in [0.5, 0.6) is 0 Å². The van der Waals surface area contributed by atoms with Crippen molar-refractivity contribution in [1.29, 1.82) is 0 Å². The van der Waals surface area contributed by atoms with Crippen LogP contribution in [0.3, 0.4) is 0 Å². The monoisotopic (exact) mass is 425 g/mol. The van der Waals surface area contributed by atoms with E-state index in [1.54, 1.807) is 6.08 Å². The molecule has 1 saturated heterocycles. The van der Waals surface area contributed by atoms with Gasteiger partial charge >= 0.3 is 17.9 Å². The lowest BCUT2D eigenvalue weighted by atomic mass is 10.1. The van der Waals surface area contributed by atoms with E-state index in [1.165, 1.54) is 17.3 Å². The first kappa shape index (κ1) is 23.6. The zero-order chi connectivity index (χ0) is 22.3. The summed E-state index contributed by atoms with van der Waals surface area (Å²) in [5, 5.41) is 29.5. The molecule has 30 heavy (non-hydrogen) atoms. The Hall–Kier alpha value is -2.69. The smallest absolute Gasteiger partial charge is 0.333 e. The lowest BCUT2D eigenvalue weighted by Gasteiger charge is -2.28. The van der Waals surface area contributed by atoms with Gasteiger partial charge in [0.05, 0.1) is 5.57 Å². The molecule has 0 aromatic rings. The molecule has 2 rings (SSSR count). The predicted octanol–water partition coefficient (Wildman–Crippen LogP) is 0.452. The number of aliphatic hydroxyl groups excluding tert-OH is 2. The molecule has 10 heteroatoms. The molecule has 0 bridgehead atoms. The van der Waals surface area contributed by atoms with Gasteiger partial charge in [-0.2, -0.15) is 0 Å². The number of carboxylic acids is 1. The highest BCUT2D eigenvalue weighted by Gasteiger charge is 2.45. The quantitative estimate of drug-likeness (QED) is 0.352. The second kappa shape index (κ2) is 10.9. The Balaban J connectivity index is 1.87. The Labute approximate surface area is 174 Å². The molecule has 2 aliphatic rings. The molecule has 0 aliphatic carbocycles. The second-order valence-electron chi connectivity index (χ2n) is 6.88. The number of carboxylic acid groups (broad SMARTS) is 1. The van der Waals surface area contributed by atoms with Crippen LogP contribution in [0, 0.1) is 0 Å². The molecule has 2 heterocycles. The first-order valence-corrected chi connectivity index (χ1v) is 9.71. The molecule has 166 valence electrons. The highest BCUT2D eigenvalue weighted by atomic mass is 16.6. The molecule has 0 spiro atoms.